The number of hydrogen-bond donors (Lipinski definition) is 1. The van der Waals surface area contributed by atoms with Gasteiger partial charge in [-0.2, -0.15) is 4.98 Å². The molecule has 1 saturated heterocycles. The van der Waals surface area contributed by atoms with Crippen molar-refractivity contribution in [1.82, 2.24) is 20.4 Å². The Bertz CT molecular complexity index is 895. The van der Waals surface area contributed by atoms with Crippen molar-refractivity contribution in [3.05, 3.63) is 83.5 Å². The Morgan fingerprint density at radius 2 is 1.75 bits per heavy atom. The van der Waals surface area contributed by atoms with Crippen LogP contribution in [0.15, 0.2) is 65.2 Å². The predicted octanol–water partition coefficient (Wildman–Crippen LogP) is 4.10. The summed E-state index contributed by atoms with van der Waals surface area (Å²) in [5.41, 5.74) is 2.20. The number of piperidine rings is 1. The van der Waals surface area contributed by atoms with E-state index in [0.29, 0.717) is 31.2 Å². The van der Waals surface area contributed by atoms with Gasteiger partial charge in [0.15, 0.2) is 5.82 Å². The van der Waals surface area contributed by atoms with Gasteiger partial charge in [0.2, 0.25) is 5.89 Å². The Labute approximate surface area is 164 Å². The number of rotatable bonds is 5. The third-order valence-electron chi connectivity index (χ3n) is 5.03. The van der Waals surface area contributed by atoms with Gasteiger partial charge in [0.25, 0.3) is 0 Å². The maximum absolute atomic E-state index is 12.8. The summed E-state index contributed by atoms with van der Waals surface area (Å²) >= 11 is 0. The topological polar surface area (TPSA) is 71.3 Å². The van der Waals surface area contributed by atoms with E-state index in [1.807, 2.05) is 65.6 Å². The lowest BCUT2D eigenvalue weighted by molar-refractivity contribution is 0.145. The van der Waals surface area contributed by atoms with Crippen molar-refractivity contribution in [1.29, 1.82) is 0 Å². The molecule has 2 amide bonds. The van der Waals surface area contributed by atoms with Gasteiger partial charge in [-0.25, -0.2) is 4.79 Å². The fourth-order valence-corrected chi connectivity index (χ4v) is 3.56. The molecule has 144 valence electrons. The minimum absolute atomic E-state index is 0.0806. The second kappa shape index (κ2) is 8.69. The van der Waals surface area contributed by atoms with E-state index in [4.69, 9.17) is 4.52 Å². The van der Waals surface area contributed by atoms with E-state index >= 15 is 0 Å². The highest BCUT2D eigenvalue weighted by molar-refractivity contribution is 5.74. The highest BCUT2D eigenvalue weighted by atomic mass is 16.5. The smallest absolute Gasteiger partial charge is 0.318 e. The van der Waals surface area contributed by atoms with Crippen LogP contribution >= 0.6 is 0 Å². The Hall–Kier alpha value is -3.15. The van der Waals surface area contributed by atoms with E-state index in [1.165, 1.54) is 0 Å². The minimum Gasteiger partial charge on any atom is -0.339 e. The highest BCUT2D eigenvalue weighted by Gasteiger charge is 2.31. The summed E-state index contributed by atoms with van der Waals surface area (Å²) in [7, 11) is 0. The molecule has 2 heterocycles. The first kappa shape index (κ1) is 18.2. The molecular weight excluding hydrogens is 352 g/mol. The number of nitrogens with one attached hydrogen (secondary N) is 1. The molecule has 2 aromatic carbocycles. The van der Waals surface area contributed by atoms with Crippen LogP contribution in [0.2, 0.25) is 0 Å². The van der Waals surface area contributed by atoms with Gasteiger partial charge in [-0.1, -0.05) is 65.8 Å². The summed E-state index contributed by atoms with van der Waals surface area (Å²) in [6, 6.07) is 19.7. The molecule has 1 fully saturated rings. The van der Waals surface area contributed by atoms with Gasteiger partial charge in [-0.05, 0) is 30.4 Å². The van der Waals surface area contributed by atoms with E-state index in [0.717, 1.165) is 30.4 Å². The molecule has 1 aliphatic heterocycles. The van der Waals surface area contributed by atoms with Crippen LogP contribution in [0.1, 0.15) is 48.1 Å². The molecule has 0 bridgehead atoms. The van der Waals surface area contributed by atoms with Crippen LogP contribution in [0.25, 0.3) is 0 Å². The molecule has 6 heteroatoms. The Kier molecular flexibility index (Phi) is 5.66. The number of aromatic nitrogens is 2. The lowest BCUT2D eigenvalue weighted by Gasteiger charge is -2.33. The fraction of sp³-hybridized carbons (Fsp3) is 0.318. The zero-order chi connectivity index (χ0) is 19.2. The second-order valence-corrected chi connectivity index (χ2v) is 7.06. The van der Waals surface area contributed by atoms with Crippen molar-refractivity contribution in [2.45, 2.75) is 38.3 Å². The quantitative estimate of drug-likeness (QED) is 0.728. The van der Waals surface area contributed by atoms with E-state index < -0.39 is 0 Å². The molecule has 1 N–H and O–H groups in total. The fourth-order valence-electron chi connectivity index (χ4n) is 3.56. The number of hydrogen-bond acceptors (Lipinski definition) is 4. The van der Waals surface area contributed by atoms with Crippen molar-refractivity contribution >= 4 is 6.03 Å². The normalized spacial score (nSPS) is 16.7. The molecule has 1 aliphatic rings. The Balaban J connectivity index is 1.42. The van der Waals surface area contributed by atoms with Gasteiger partial charge in [0.05, 0.1) is 12.5 Å². The molecule has 6 nitrogen and oxygen atoms in total. The molecular formula is C22H24N4O2. The first-order chi connectivity index (χ1) is 13.8. The summed E-state index contributed by atoms with van der Waals surface area (Å²) in [6.45, 7) is 1.21. The maximum atomic E-state index is 12.8. The standard InChI is InChI=1S/C22H24N4O2/c27-22(23-16-18-11-5-2-6-12-18)26-14-8-7-13-19(26)21-24-20(28-25-21)15-17-9-3-1-4-10-17/h1-6,9-12,19H,7-8,13-16H2,(H,23,27). The maximum Gasteiger partial charge on any atom is 0.318 e. The average Bonchev–Trinajstić information content (AvgIpc) is 3.22. The van der Waals surface area contributed by atoms with Crippen LogP contribution in [0.3, 0.4) is 0 Å². The van der Waals surface area contributed by atoms with E-state index in [-0.39, 0.29) is 12.1 Å². The number of nitrogens with zero attached hydrogens (tertiary/aromatic N) is 3. The van der Waals surface area contributed by atoms with Crippen LogP contribution in [0.5, 0.6) is 0 Å². The first-order valence-electron chi connectivity index (χ1n) is 9.74. The summed E-state index contributed by atoms with van der Waals surface area (Å²) in [4.78, 5) is 19.2. The molecule has 0 aliphatic carbocycles. The molecule has 28 heavy (non-hydrogen) atoms. The number of amides is 2. The number of likely N-dealkylation sites (tertiary alicyclic amines) is 1. The van der Waals surface area contributed by atoms with Gasteiger partial charge in [0.1, 0.15) is 0 Å². The zero-order valence-electron chi connectivity index (χ0n) is 15.8. The van der Waals surface area contributed by atoms with Gasteiger partial charge in [0, 0.05) is 13.1 Å². The van der Waals surface area contributed by atoms with E-state index in [9.17, 15) is 4.79 Å². The van der Waals surface area contributed by atoms with Crippen molar-refractivity contribution in [3.63, 3.8) is 0 Å². The highest BCUT2D eigenvalue weighted by Crippen LogP contribution is 2.29. The third-order valence-corrected chi connectivity index (χ3v) is 5.03. The van der Waals surface area contributed by atoms with Crippen LogP contribution in [0.4, 0.5) is 4.79 Å². The summed E-state index contributed by atoms with van der Waals surface area (Å²) < 4.78 is 5.46. The zero-order valence-corrected chi connectivity index (χ0v) is 15.8. The Morgan fingerprint density at radius 1 is 1.04 bits per heavy atom. The second-order valence-electron chi connectivity index (χ2n) is 7.06. The van der Waals surface area contributed by atoms with Crippen molar-refractivity contribution in [2.24, 2.45) is 0 Å². The van der Waals surface area contributed by atoms with Crippen LogP contribution < -0.4 is 5.32 Å². The molecule has 0 saturated carbocycles. The number of carbonyl (C=O) groups is 1. The molecule has 4 rings (SSSR count). The first-order valence-corrected chi connectivity index (χ1v) is 9.74. The van der Waals surface area contributed by atoms with E-state index in [2.05, 4.69) is 15.5 Å². The van der Waals surface area contributed by atoms with Gasteiger partial charge < -0.3 is 14.7 Å². The monoisotopic (exact) mass is 376 g/mol. The SMILES string of the molecule is O=C(NCc1ccccc1)N1CCCCC1c1noc(Cc2ccccc2)n1. The number of benzene rings is 2. The Morgan fingerprint density at radius 3 is 2.50 bits per heavy atom. The van der Waals surface area contributed by atoms with Gasteiger partial charge in [-0.15, -0.1) is 0 Å². The summed E-state index contributed by atoms with van der Waals surface area (Å²) in [6.07, 6.45) is 3.49. The minimum atomic E-state index is -0.141. The molecule has 0 radical (unpaired) electrons. The number of carbonyl (C=O) groups excluding carboxylic acids is 1. The molecule has 0 spiro atoms. The van der Waals surface area contributed by atoms with Crippen molar-refractivity contribution < 1.29 is 9.32 Å². The summed E-state index contributed by atoms with van der Waals surface area (Å²) in [5, 5.41) is 7.20. The molecule has 1 aromatic heterocycles. The lowest BCUT2D eigenvalue weighted by Crippen LogP contribution is -2.44. The van der Waals surface area contributed by atoms with Crippen LogP contribution in [-0.2, 0) is 13.0 Å². The van der Waals surface area contributed by atoms with Crippen molar-refractivity contribution in [2.75, 3.05) is 6.54 Å². The number of urea groups is 1. The van der Waals surface area contributed by atoms with Gasteiger partial charge >= 0.3 is 6.03 Å². The lowest BCUT2D eigenvalue weighted by atomic mass is 10.0. The van der Waals surface area contributed by atoms with Crippen LogP contribution in [-0.4, -0.2) is 27.6 Å². The third kappa shape index (κ3) is 4.39. The predicted molar refractivity (Wildman–Crippen MR) is 106 cm³/mol. The average molecular weight is 376 g/mol. The molecule has 1 unspecified atom stereocenters. The molecule has 1 atom stereocenters. The van der Waals surface area contributed by atoms with E-state index in [1.54, 1.807) is 0 Å². The van der Waals surface area contributed by atoms with Crippen LogP contribution in [0, 0.1) is 0 Å². The molecule has 3 aromatic rings. The van der Waals surface area contributed by atoms with Crippen molar-refractivity contribution in [3.8, 4) is 0 Å². The summed E-state index contributed by atoms with van der Waals surface area (Å²) in [5.74, 6) is 1.18. The van der Waals surface area contributed by atoms with Gasteiger partial charge in [-0.3, -0.25) is 0 Å². The largest absolute Gasteiger partial charge is 0.339 e.